The third kappa shape index (κ3) is 7.50. The predicted molar refractivity (Wildman–Crippen MR) is 138 cm³/mol. The monoisotopic (exact) mass is 547 g/mol. The van der Waals surface area contributed by atoms with Gasteiger partial charge in [-0.2, -0.15) is 0 Å². The van der Waals surface area contributed by atoms with Crippen molar-refractivity contribution in [2.75, 3.05) is 23.7 Å². The van der Waals surface area contributed by atoms with E-state index in [1.54, 1.807) is 6.92 Å². The number of benzene rings is 2. The van der Waals surface area contributed by atoms with Gasteiger partial charge in [0.15, 0.2) is 0 Å². The molecule has 34 heavy (non-hydrogen) atoms. The zero-order valence-electron chi connectivity index (χ0n) is 19.4. The third-order valence-electron chi connectivity index (χ3n) is 5.09. The first-order valence-electron chi connectivity index (χ1n) is 10.6. The molecule has 0 spiro atoms. The average molecular weight is 549 g/mol. The van der Waals surface area contributed by atoms with Gasteiger partial charge in [0.05, 0.1) is 27.0 Å². The van der Waals surface area contributed by atoms with Crippen LogP contribution in [0.25, 0.3) is 0 Å². The van der Waals surface area contributed by atoms with Crippen LogP contribution < -0.4 is 9.62 Å². The van der Waals surface area contributed by atoms with E-state index < -0.39 is 28.5 Å². The maximum absolute atomic E-state index is 13.5. The van der Waals surface area contributed by atoms with Gasteiger partial charge in [0.2, 0.25) is 21.8 Å². The van der Waals surface area contributed by atoms with Gasteiger partial charge in [0, 0.05) is 13.1 Å². The van der Waals surface area contributed by atoms with E-state index in [2.05, 4.69) is 5.32 Å². The fourth-order valence-corrected chi connectivity index (χ4v) is 4.83. The number of halogens is 3. The number of amides is 2. The molecule has 2 aromatic rings. The smallest absolute Gasteiger partial charge is 0.244 e. The van der Waals surface area contributed by atoms with E-state index >= 15 is 0 Å². The van der Waals surface area contributed by atoms with E-state index in [1.807, 2.05) is 38.1 Å². The van der Waals surface area contributed by atoms with Crippen LogP contribution in [0.4, 0.5) is 5.69 Å². The molecule has 0 fully saturated rings. The summed E-state index contributed by atoms with van der Waals surface area (Å²) < 4.78 is 26.1. The van der Waals surface area contributed by atoms with Crippen molar-refractivity contribution in [2.45, 2.75) is 39.8 Å². The van der Waals surface area contributed by atoms with Crippen molar-refractivity contribution in [1.82, 2.24) is 10.2 Å². The molecule has 0 aliphatic rings. The molecular formula is C23H28Cl3N3O4S. The number of hydrogen-bond donors (Lipinski definition) is 1. The summed E-state index contributed by atoms with van der Waals surface area (Å²) in [6.07, 6.45) is 1.70. The Hall–Kier alpha value is -2.00. The van der Waals surface area contributed by atoms with Gasteiger partial charge in [0.25, 0.3) is 0 Å². The number of hydrogen-bond acceptors (Lipinski definition) is 4. The molecule has 0 heterocycles. The largest absolute Gasteiger partial charge is 0.354 e. The first-order valence-corrected chi connectivity index (χ1v) is 13.6. The maximum Gasteiger partial charge on any atom is 0.244 e. The molecule has 1 N–H and O–H groups in total. The van der Waals surface area contributed by atoms with Crippen LogP contribution in [0.15, 0.2) is 36.4 Å². The Morgan fingerprint density at radius 1 is 1.06 bits per heavy atom. The van der Waals surface area contributed by atoms with E-state index in [4.69, 9.17) is 34.8 Å². The SMILES string of the molecule is CCCNC(=O)C(C)N(Cc1cccc(C)c1)C(=O)CN(c1cc(Cl)c(Cl)cc1Cl)S(C)(=O)=O. The highest BCUT2D eigenvalue weighted by atomic mass is 35.5. The summed E-state index contributed by atoms with van der Waals surface area (Å²) >= 11 is 18.3. The Balaban J connectivity index is 2.44. The van der Waals surface area contributed by atoms with Crippen molar-refractivity contribution in [3.05, 3.63) is 62.6 Å². The topological polar surface area (TPSA) is 86.8 Å². The number of carbonyl (C=O) groups is 2. The van der Waals surface area contributed by atoms with Crippen molar-refractivity contribution in [1.29, 1.82) is 0 Å². The van der Waals surface area contributed by atoms with Gasteiger partial charge in [-0.25, -0.2) is 8.42 Å². The van der Waals surface area contributed by atoms with Crippen molar-refractivity contribution in [3.63, 3.8) is 0 Å². The molecule has 2 rings (SSSR count). The van der Waals surface area contributed by atoms with Crippen LogP contribution in [0.1, 0.15) is 31.4 Å². The van der Waals surface area contributed by atoms with Gasteiger partial charge >= 0.3 is 0 Å². The summed E-state index contributed by atoms with van der Waals surface area (Å²) in [5.74, 6) is -0.908. The lowest BCUT2D eigenvalue weighted by atomic mass is 10.1. The quantitative estimate of drug-likeness (QED) is 0.437. The van der Waals surface area contributed by atoms with E-state index in [0.29, 0.717) is 6.54 Å². The molecule has 0 saturated heterocycles. The molecule has 0 aromatic heterocycles. The van der Waals surface area contributed by atoms with Gasteiger partial charge in [-0.1, -0.05) is 71.6 Å². The highest BCUT2D eigenvalue weighted by molar-refractivity contribution is 7.92. The number of aryl methyl sites for hydroxylation is 1. The number of carbonyl (C=O) groups excluding carboxylic acids is 2. The van der Waals surface area contributed by atoms with Gasteiger partial charge < -0.3 is 10.2 Å². The molecule has 186 valence electrons. The zero-order chi connectivity index (χ0) is 25.6. The predicted octanol–water partition coefficient (Wildman–Crippen LogP) is 4.66. The highest BCUT2D eigenvalue weighted by Crippen LogP contribution is 2.35. The zero-order valence-corrected chi connectivity index (χ0v) is 22.5. The molecule has 0 aliphatic heterocycles. The number of sulfonamides is 1. The second kappa shape index (κ2) is 12.1. The molecule has 2 amide bonds. The summed E-state index contributed by atoms with van der Waals surface area (Å²) in [6, 6.07) is 9.29. The van der Waals surface area contributed by atoms with Crippen molar-refractivity contribution in [3.8, 4) is 0 Å². The van der Waals surface area contributed by atoms with Gasteiger partial charge in [0.1, 0.15) is 12.6 Å². The van der Waals surface area contributed by atoms with Crippen LogP contribution in [-0.2, 0) is 26.2 Å². The lowest BCUT2D eigenvalue weighted by molar-refractivity contribution is -0.139. The lowest BCUT2D eigenvalue weighted by Crippen LogP contribution is -2.51. The molecule has 0 saturated carbocycles. The molecule has 2 aromatic carbocycles. The summed E-state index contributed by atoms with van der Waals surface area (Å²) in [4.78, 5) is 27.5. The van der Waals surface area contributed by atoms with Crippen LogP contribution in [0.5, 0.6) is 0 Å². The van der Waals surface area contributed by atoms with Crippen LogP contribution in [-0.4, -0.2) is 50.5 Å². The number of nitrogens with one attached hydrogen (secondary N) is 1. The fraction of sp³-hybridized carbons (Fsp3) is 0.391. The molecule has 1 unspecified atom stereocenters. The Labute approximate surface area is 216 Å². The number of rotatable bonds is 10. The minimum atomic E-state index is -3.94. The van der Waals surface area contributed by atoms with Crippen molar-refractivity contribution >= 4 is 62.3 Å². The molecule has 0 aliphatic carbocycles. The average Bonchev–Trinajstić information content (AvgIpc) is 2.75. The summed E-state index contributed by atoms with van der Waals surface area (Å²) in [5.41, 5.74) is 1.82. The number of nitrogens with zero attached hydrogens (tertiary/aromatic N) is 2. The summed E-state index contributed by atoms with van der Waals surface area (Å²) in [6.45, 7) is 5.46. The second-order valence-corrected chi connectivity index (χ2v) is 11.1. The Morgan fingerprint density at radius 2 is 1.71 bits per heavy atom. The van der Waals surface area contributed by atoms with Gasteiger partial charge in [-0.3, -0.25) is 13.9 Å². The van der Waals surface area contributed by atoms with Crippen LogP contribution in [0, 0.1) is 6.92 Å². The Kier molecular flexibility index (Phi) is 10.1. The highest BCUT2D eigenvalue weighted by Gasteiger charge is 2.31. The first kappa shape index (κ1) is 28.2. The summed E-state index contributed by atoms with van der Waals surface area (Å²) in [5, 5.41) is 3.04. The molecule has 1 atom stereocenters. The van der Waals surface area contributed by atoms with E-state index in [0.717, 1.165) is 28.1 Å². The lowest BCUT2D eigenvalue weighted by Gasteiger charge is -2.31. The van der Waals surface area contributed by atoms with E-state index in [-0.39, 0.29) is 33.2 Å². The normalized spacial score (nSPS) is 12.2. The Bertz CT molecular complexity index is 1160. The molecule has 7 nitrogen and oxygen atoms in total. The van der Waals surface area contributed by atoms with E-state index in [1.165, 1.54) is 17.0 Å². The third-order valence-corrected chi connectivity index (χ3v) is 7.24. The first-order chi connectivity index (χ1) is 15.8. The molecule has 11 heteroatoms. The van der Waals surface area contributed by atoms with Gasteiger partial charge in [-0.05, 0) is 38.0 Å². The minimum absolute atomic E-state index is 0.0190. The minimum Gasteiger partial charge on any atom is -0.354 e. The standard InChI is InChI=1S/C23H28Cl3N3O4S/c1-5-9-27-23(31)16(3)28(13-17-8-6-7-15(2)10-17)22(30)14-29(34(4,32)33)21-12-19(25)18(24)11-20(21)26/h6-8,10-12,16H,5,9,13-14H2,1-4H3,(H,27,31). The van der Waals surface area contributed by atoms with Crippen LogP contribution in [0.2, 0.25) is 15.1 Å². The molecule has 0 bridgehead atoms. The fourth-order valence-electron chi connectivity index (χ4n) is 3.28. The van der Waals surface area contributed by atoms with Crippen LogP contribution >= 0.6 is 34.8 Å². The number of anilines is 1. The van der Waals surface area contributed by atoms with Crippen molar-refractivity contribution < 1.29 is 18.0 Å². The molecule has 0 radical (unpaired) electrons. The molecular weight excluding hydrogens is 521 g/mol. The van der Waals surface area contributed by atoms with E-state index in [9.17, 15) is 18.0 Å². The van der Waals surface area contributed by atoms with Gasteiger partial charge in [-0.15, -0.1) is 0 Å². The van der Waals surface area contributed by atoms with Crippen molar-refractivity contribution in [2.24, 2.45) is 0 Å². The van der Waals surface area contributed by atoms with Crippen LogP contribution in [0.3, 0.4) is 0 Å². The Morgan fingerprint density at radius 3 is 2.29 bits per heavy atom. The summed E-state index contributed by atoms with van der Waals surface area (Å²) in [7, 11) is -3.94. The second-order valence-electron chi connectivity index (χ2n) is 7.97. The maximum atomic E-state index is 13.5.